The van der Waals surface area contributed by atoms with Crippen LogP contribution in [0.5, 0.6) is 11.6 Å². The molecular weight excluding hydrogens is 400 g/mol. The topological polar surface area (TPSA) is 67.4 Å². The van der Waals surface area contributed by atoms with Crippen LogP contribution in [0.4, 0.5) is 11.5 Å². The molecule has 2 aromatic carbocycles. The lowest BCUT2D eigenvalue weighted by Crippen LogP contribution is -2.38. The standard InChI is InChI=1S/C26H30N4O2/c1-18(2)21-8-6-9-22(17-21)29-25(31)20-11-15-30(16-12-20)24-26(28-14-13-27-24)32-23-10-5-4-7-19(23)3/h4-10,13-14,17-18,20H,11-12,15-16H2,1-3H3,(H,29,31). The smallest absolute Gasteiger partial charge is 0.263 e. The number of hydrogen-bond acceptors (Lipinski definition) is 5. The van der Waals surface area contributed by atoms with Crippen LogP contribution >= 0.6 is 0 Å². The lowest BCUT2D eigenvalue weighted by atomic mass is 9.95. The average Bonchev–Trinajstić information content (AvgIpc) is 2.81. The number of amides is 1. The van der Waals surface area contributed by atoms with Gasteiger partial charge in [-0.25, -0.2) is 9.97 Å². The Bertz CT molecular complexity index is 1070. The van der Waals surface area contributed by atoms with Gasteiger partial charge < -0.3 is 15.0 Å². The molecule has 166 valence electrons. The molecule has 1 amide bonds. The highest BCUT2D eigenvalue weighted by atomic mass is 16.5. The van der Waals surface area contributed by atoms with Gasteiger partial charge in [-0.3, -0.25) is 4.79 Å². The van der Waals surface area contributed by atoms with Crippen molar-refractivity contribution in [1.29, 1.82) is 0 Å². The Morgan fingerprint density at radius 1 is 1.06 bits per heavy atom. The summed E-state index contributed by atoms with van der Waals surface area (Å²) >= 11 is 0. The first-order chi connectivity index (χ1) is 15.5. The number of aromatic nitrogens is 2. The van der Waals surface area contributed by atoms with Crippen LogP contribution in [-0.2, 0) is 4.79 Å². The molecule has 0 unspecified atom stereocenters. The predicted octanol–water partition coefficient (Wildman–Crippen LogP) is 5.56. The Labute approximate surface area is 189 Å². The van der Waals surface area contributed by atoms with E-state index in [2.05, 4.69) is 46.2 Å². The number of benzene rings is 2. The van der Waals surface area contributed by atoms with Crippen molar-refractivity contribution in [3.05, 3.63) is 72.1 Å². The molecule has 32 heavy (non-hydrogen) atoms. The van der Waals surface area contributed by atoms with E-state index >= 15 is 0 Å². The van der Waals surface area contributed by atoms with Crippen LogP contribution in [0, 0.1) is 12.8 Å². The summed E-state index contributed by atoms with van der Waals surface area (Å²) in [5.74, 6) is 2.48. The third kappa shape index (κ3) is 5.07. The van der Waals surface area contributed by atoms with Gasteiger partial charge in [0.2, 0.25) is 5.91 Å². The Balaban J connectivity index is 1.39. The summed E-state index contributed by atoms with van der Waals surface area (Å²) in [6, 6.07) is 16.0. The number of nitrogens with zero attached hydrogens (tertiary/aromatic N) is 3. The molecule has 0 spiro atoms. The molecule has 0 saturated carbocycles. The van der Waals surface area contributed by atoms with E-state index < -0.39 is 0 Å². The molecule has 2 heterocycles. The largest absolute Gasteiger partial charge is 0.436 e. The minimum Gasteiger partial charge on any atom is -0.436 e. The van der Waals surface area contributed by atoms with E-state index in [4.69, 9.17) is 4.74 Å². The molecule has 0 bridgehead atoms. The van der Waals surface area contributed by atoms with Crippen molar-refractivity contribution in [2.75, 3.05) is 23.3 Å². The molecule has 4 rings (SSSR count). The predicted molar refractivity (Wildman–Crippen MR) is 127 cm³/mol. The lowest BCUT2D eigenvalue weighted by Gasteiger charge is -2.32. The van der Waals surface area contributed by atoms with Crippen molar-refractivity contribution < 1.29 is 9.53 Å². The van der Waals surface area contributed by atoms with Gasteiger partial charge in [0, 0.05) is 37.1 Å². The summed E-state index contributed by atoms with van der Waals surface area (Å²) in [5, 5.41) is 3.10. The maximum atomic E-state index is 12.9. The van der Waals surface area contributed by atoms with Crippen LogP contribution in [0.3, 0.4) is 0 Å². The van der Waals surface area contributed by atoms with Crippen molar-refractivity contribution >= 4 is 17.4 Å². The zero-order valence-corrected chi connectivity index (χ0v) is 18.9. The summed E-state index contributed by atoms with van der Waals surface area (Å²) in [7, 11) is 0. The Morgan fingerprint density at radius 3 is 2.56 bits per heavy atom. The molecule has 1 aliphatic rings. The summed E-state index contributed by atoms with van der Waals surface area (Å²) in [6.07, 6.45) is 4.84. The third-order valence-corrected chi connectivity index (χ3v) is 5.93. The van der Waals surface area contributed by atoms with E-state index in [-0.39, 0.29) is 11.8 Å². The second-order valence-electron chi connectivity index (χ2n) is 8.58. The minimum atomic E-state index is -0.0219. The van der Waals surface area contributed by atoms with Gasteiger partial charge in [0.05, 0.1) is 0 Å². The first-order valence-electron chi connectivity index (χ1n) is 11.2. The van der Waals surface area contributed by atoms with Crippen molar-refractivity contribution in [3.63, 3.8) is 0 Å². The Morgan fingerprint density at radius 2 is 1.81 bits per heavy atom. The highest BCUT2D eigenvalue weighted by molar-refractivity contribution is 5.92. The van der Waals surface area contributed by atoms with Crippen LogP contribution in [0.15, 0.2) is 60.9 Å². The van der Waals surface area contributed by atoms with Gasteiger partial charge >= 0.3 is 0 Å². The van der Waals surface area contributed by atoms with Crippen molar-refractivity contribution in [2.24, 2.45) is 5.92 Å². The zero-order chi connectivity index (χ0) is 22.5. The van der Waals surface area contributed by atoms with Gasteiger partial charge in [-0.2, -0.15) is 0 Å². The van der Waals surface area contributed by atoms with Crippen LogP contribution in [0.1, 0.15) is 43.7 Å². The molecule has 0 aliphatic carbocycles. The maximum Gasteiger partial charge on any atom is 0.263 e. The normalized spacial score (nSPS) is 14.4. The number of carbonyl (C=O) groups is 1. The Hall–Kier alpha value is -3.41. The number of carbonyl (C=O) groups excluding carboxylic acids is 1. The van der Waals surface area contributed by atoms with Crippen molar-refractivity contribution in [2.45, 2.75) is 39.5 Å². The highest BCUT2D eigenvalue weighted by Crippen LogP contribution is 2.32. The minimum absolute atomic E-state index is 0.0219. The summed E-state index contributed by atoms with van der Waals surface area (Å²) in [6.45, 7) is 7.77. The molecule has 1 aromatic heterocycles. The molecule has 1 fully saturated rings. The summed E-state index contributed by atoms with van der Waals surface area (Å²) in [5.41, 5.74) is 3.13. The molecule has 0 atom stereocenters. The van der Waals surface area contributed by atoms with E-state index in [1.165, 1.54) is 5.56 Å². The van der Waals surface area contributed by atoms with Crippen molar-refractivity contribution in [3.8, 4) is 11.6 Å². The number of rotatable bonds is 6. The van der Waals surface area contributed by atoms with Crippen molar-refractivity contribution in [1.82, 2.24) is 9.97 Å². The first kappa shape index (κ1) is 21.8. The third-order valence-electron chi connectivity index (χ3n) is 5.93. The van der Waals surface area contributed by atoms with E-state index in [1.807, 2.05) is 43.3 Å². The second kappa shape index (κ2) is 9.81. The van der Waals surface area contributed by atoms with E-state index in [0.717, 1.165) is 48.7 Å². The molecule has 6 heteroatoms. The van der Waals surface area contributed by atoms with E-state index in [9.17, 15) is 4.79 Å². The molecule has 1 aliphatic heterocycles. The fraction of sp³-hybridized carbons (Fsp3) is 0.346. The lowest BCUT2D eigenvalue weighted by molar-refractivity contribution is -0.120. The fourth-order valence-electron chi connectivity index (χ4n) is 3.96. The molecule has 1 N–H and O–H groups in total. The van der Waals surface area contributed by atoms with Gasteiger partial charge in [-0.15, -0.1) is 0 Å². The zero-order valence-electron chi connectivity index (χ0n) is 18.9. The van der Waals surface area contributed by atoms with Gasteiger partial charge in [0.1, 0.15) is 5.75 Å². The van der Waals surface area contributed by atoms with Crippen LogP contribution in [0.25, 0.3) is 0 Å². The van der Waals surface area contributed by atoms with E-state index in [1.54, 1.807) is 12.4 Å². The van der Waals surface area contributed by atoms with Gasteiger partial charge in [0.25, 0.3) is 5.88 Å². The highest BCUT2D eigenvalue weighted by Gasteiger charge is 2.27. The van der Waals surface area contributed by atoms with E-state index in [0.29, 0.717) is 11.8 Å². The monoisotopic (exact) mass is 430 g/mol. The van der Waals surface area contributed by atoms with Gasteiger partial charge in [0.15, 0.2) is 5.82 Å². The first-order valence-corrected chi connectivity index (χ1v) is 11.2. The quantitative estimate of drug-likeness (QED) is 0.555. The molecular formula is C26H30N4O2. The number of hydrogen-bond donors (Lipinski definition) is 1. The summed E-state index contributed by atoms with van der Waals surface area (Å²) in [4.78, 5) is 24.0. The molecule has 1 saturated heterocycles. The Kier molecular flexibility index (Phi) is 6.69. The fourth-order valence-corrected chi connectivity index (χ4v) is 3.96. The maximum absolute atomic E-state index is 12.9. The average molecular weight is 431 g/mol. The number of piperidine rings is 1. The van der Waals surface area contributed by atoms with Crippen LogP contribution in [-0.4, -0.2) is 29.0 Å². The number of aryl methyl sites for hydroxylation is 1. The van der Waals surface area contributed by atoms with Gasteiger partial charge in [-0.05, 0) is 55.0 Å². The molecule has 3 aromatic rings. The number of nitrogens with one attached hydrogen (secondary N) is 1. The SMILES string of the molecule is Cc1ccccc1Oc1nccnc1N1CCC(C(=O)Nc2cccc(C(C)C)c2)CC1. The second-order valence-corrected chi connectivity index (χ2v) is 8.58. The number of ether oxygens (including phenoxy) is 1. The van der Waals surface area contributed by atoms with Gasteiger partial charge in [-0.1, -0.05) is 44.2 Å². The molecule has 0 radical (unpaired) electrons. The summed E-state index contributed by atoms with van der Waals surface area (Å²) < 4.78 is 6.08. The van der Waals surface area contributed by atoms with Crippen LogP contribution in [0.2, 0.25) is 0 Å². The number of para-hydroxylation sites is 1. The number of anilines is 2. The van der Waals surface area contributed by atoms with Crippen LogP contribution < -0.4 is 15.0 Å². The molecule has 6 nitrogen and oxygen atoms in total.